The fourth-order valence-electron chi connectivity index (χ4n) is 3.29. The standard InChI is InChI=1S/C22H24F3N3O2/c1-13-4-3-5-14(2)22(13)27-19(30)12-28(15-6-7-15)11-10-18(29)26-17-9-8-16(23)20(24)21(17)25/h3-5,8-9,15H,6-7,10-12H2,1-2H3,(H,26,29)(H,27,30). The molecule has 0 atom stereocenters. The molecular weight excluding hydrogens is 395 g/mol. The Morgan fingerprint density at radius 2 is 1.63 bits per heavy atom. The molecule has 2 aromatic rings. The Balaban J connectivity index is 1.55. The Bertz CT molecular complexity index is 941. The number of halogens is 3. The normalized spacial score (nSPS) is 13.4. The second kappa shape index (κ2) is 9.30. The van der Waals surface area contributed by atoms with Gasteiger partial charge in [0, 0.05) is 24.7 Å². The molecule has 0 spiro atoms. The minimum absolute atomic E-state index is 0.00833. The molecule has 0 heterocycles. The van der Waals surface area contributed by atoms with Crippen LogP contribution < -0.4 is 10.6 Å². The number of para-hydroxylation sites is 1. The monoisotopic (exact) mass is 419 g/mol. The molecule has 160 valence electrons. The Morgan fingerprint density at radius 1 is 0.967 bits per heavy atom. The number of nitrogens with one attached hydrogen (secondary N) is 2. The number of carbonyl (C=O) groups excluding carboxylic acids is 2. The van der Waals surface area contributed by atoms with Crippen molar-refractivity contribution in [2.24, 2.45) is 0 Å². The average Bonchev–Trinajstić information content (AvgIpc) is 3.54. The van der Waals surface area contributed by atoms with E-state index < -0.39 is 29.0 Å². The molecule has 0 saturated heterocycles. The lowest BCUT2D eigenvalue weighted by molar-refractivity contribution is -0.119. The molecule has 5 nitrogen and oxygen atoms in total. The molecule has 3 rings (SSSR count). The van der Waals surface area contributed by atoms with Gasteiger partial charge in [-0.3, -0.25) is 14.5 Å². The second-order valence-corrected chi connectivity index (χ2v) is 7.54. The van der Waals surface area contributed by atoms with Crippen molar-refractivity contribution in [1.82, 2.24) is 4.90 Å². The summed E-state index contributed by atoms with van der Waals surface area (Å²) in [7, 11) is 0. The third-order valence-electron chi connectivity index (χ3n) is 5.09. The summed E-state index contributed by atoms with van der Waals surface area (Å²) in [6.07, 6.45) is 1.87. The molecule has 2 N–H and O–H groups in total. The lowest BCUT2D eigenvalue weighted by Gasteiger charge is -2.22. The predicted molar refractivity (Wildman–Crippen MR) is 109 cm³/mol. The van der Waals surface area contributed by atoms with Crippen LogP contribution in [0.5, 0.6) is 0 Å². The smallest absolute Gasteiger partial charge is 0.238 e. The van der Waals surface area contributed by atoms with E-state index in [0.29, 0.717) is 6.54 Å². The van der Waals surface area contributed by atoms with E-state index in [0.717, 1.165) is 41.8 Å². The minimum atomic E-state index is -1.63. The van der Waals surface area contributed by atoms with Crippen LogP contribution in [-0.2, 0) is 9.59 Å². The van der Waals surface area contributed by atoms with Gasteiger partial charge < -0.3 is 10.6 Å². The van der Waals surface area contributed by atoms with Gasteiger partial charge in [-0.05, 0) is 49.9 Å². The lowest BCUT2D eigenvalue weighted by atomic mass is 10.1. The summed E-state index contributed by atoms with van der Waals surface area (Å²) in [5.41, 5.74) is 2.30. The second-order valence-electron chi connectivity index (χ2n) is 7.54. The van der Waals surface area contributed by atoms with E-state index in [1.807, 2.05) is 36.9 Å². The molecule has 1 fully saturated rings. The third kappa shape index (κ3) is 5.38. The summed E-state index contributed by atoms with van der Waals surface area (Å²) >= 11 is 0. The summed E-state index contributed by atoms with van der Waals surface area (Å²) in [4.78, 5) is 26.6. The predicted octanol–water partition coefficient (Wildman–Crippen LogP) is 4.15. The number of nitrogens with zero attached hydrogens (tertiary/aromatic N) is 1. The third-order valence-corrected chi connectivity index (χ3v) is 5.09. The highest BCUT2D eigenvalue weighted by molar-refractivity contribution is 5.94. The molecule has 0 unspecified atom stereocenters. The van der Waals surface area contributed by atoms with Crippen LogP contribution in [0, 0.1) is 31.3 Å². The zero-order valence-corrected chi connectivity index (χ0v) is 16.9. The number of benzene rings is 2. The summed E-state index contributed by atoms with van der Waals surface area (Å²) in [5, 5.41) is 5.18. The van der Waals surface area contributed by atoms with Crippen LogP contribution in [0.15, 0.2) is 30.3 Å². The Morgan fingerprint density at radius 3 is 2.27 bits per heavy atom. The highest BCUT2D eigenvalue weighted by atomic mass is 19.2. The first-order chi connectivity index (χ1) is 14.3. The summed E-state index contributed by atoms with van der Waals surface area (Å²) in [6, 6.07) is 7.71. The molecule has 1 saturated carbocycles. The zero-order valence-electron chi connectivity index (χ0n) is 16.9. The number of hydrogen-bond donors (Lipinski definition) is 2. The first-order valence-electron chi connectivity index (χ1n) is 9.79. The molecule has 2 aromatic carbocycles. The molecule has 0 aromatic heterocycles. The Hall–Kier alpha value is -2.87. The van der Waals surface area contributed by atoms with Gasteiger partial charge >= 0.3 is 0 Å². The van der Waals surface area contributed by atoms with Crippen LogP contribution in [0.25, 0.3) is 0 Å². The van der Waals surface area contributed by atoms with E-state index in [-0.39, 0.29) is 24.9 Å². The maximum absolute atomic E-state index is 13.7. The van der Waals surface area contributed by atoms with Crippen LogP contribution in [0.1, 0.15) is 30.4 Å². The molecule has 0 radical (unpaired) electrons. The highest BCUT2D eigenvalue weighted by Crippen LogP contribution is 2.27. The Labute approximate surface area is 173 Å². The summed E-state index contributed by atoms with van der Waals surface area (Å²) < 4.78 is 40.0. The van der Waals surface area contributed by atoms with Gasteiger partial charge in [-0.1, -0.05) is 18.2 Å². The van der Waals surface area contributed by atoms with E-state index in [1.54, 1.807) is 0 Å². The molecule has 0 aliphatic heterocycles. The van der Waals surface area contributed by atoms with Crippen LogP contribution in [0.3, 0.4) is 0 Å². The van der Waals surface area contributed by atoms with Gasteiger partial charge in [0.15, 0.2) is 17.5 Å². The number of aryl methyl sites for hydroxylation is 2. The van der Waals surface area contributed by atoms with E-state index in [2.05, 4.69) is 10.6 Å². The van der Waals surface area contributed by atoms with Gasteiger partial charge in [-0.2, -0.15) is 0 Å². The topological polar surface area (TPSA) is 61.4 Å². The van der Waals surface area contributed by atoms with Crippen LogP contribution >= 0.6 is 0 Å². The van der Waals surface area contributed by atoms with Crippen LogP contribution in [0.4, 0.5) is 24.5 Å². The quantitative estimate of drug-likeness (QED) is 0.632. The van der Waals surface area contributed by atoms with E-state index in [4.69, 9.17) is 0 Å². The van der Waals surface area contributed by atoms with Gasteiger partial charge in [0.2, 0.25) is 11.8 Å². The molecule has 1 aliphatic carbocycles. The van der Waals surface area contributed by atoms with Gasteiger partial charge in [0.25, 0.3) is 0 Å². The molecule has 30 heavy (non-hydrogen) atoms. The summed E-state index contributed by atoms with van der Waals surface area (Å²) in [6.45, 7) is 4.26. The van der Waals surface area contributed by atoms with Crippen molar-refractivity contribution < 1.29 is 22.8 Å². The van der Waals surface area contributed by atoms with Crippen LogP contribution in [0.2, 0.25) is 0 Å². The van der Waals surface area contributed by atoms with Gasteiger partial charge in [0.1, 0.15) is 0 Å². The van der Waals surface area contributed by atoms with E-state index in [9.17, 15) is 22.8 Å². The van der Waals surface area contributed by atoms with Crippen molar-refractivity contribution in [2.45, 2.75) is 39.2 Å². The lowest BCUT2D eigenvalue weighted by Crippen LogP contribution is -2.37. The molecular formula is C22H24F3N3O2. The first kappa shape index (κ1) is 21.8. The Kier molecular flexibility index (Phi) is 6.77. The number of hydrogen-bond acceptors (Lipinski definition) is 3. The molecule has 0 bridgehead atoms. The van der Waals surface area contributed by atoms with Gasteiger partial charge in [0.05, 0.1) is 12.2 Å². The fraction of sp³-hybridized carbons (Fsp3) is 0.364. The first-order valence-corrected chi connectivity index (χ1v) is 9.79. The number of anilines is 2. The largest absolute Gasteiger partial charge is 0.324 e. The van der Waals surface area contributed by atoms with Crippen molar-refractivity contribution in [1.29, 1.82) is 0 Å². The van der Waals surface area contributed by atoms with Crippen molar-refractivity contribution in [3.05, 3.63) is 58.9 Å². The number of amides is 2. The van der Waals surface area contributed by atoms with E-state index >= 15 is 0 Å². The average molecular weight is 419 g/mol. The zero-order chi connectivity index (χ0) is 21.8. The van der Waals surface area contributed by atoms with E-state index in [1.165, 1.54) is 0 Å². The van der Waals surface area contributed by atoms with Crippen molar-refractivity contribution in [3.8, 4) is 0 Å². The number of carbonyl (C=O) groups is 2. The van der Waals surface area contributed by atoms with Crippen molar-refractivity contribution >= 4 is 23.2 Å². The number of rotatable bonds is 8. The molecule has 1 aliphatic rings. The van der Waals surface area contributed by atoms with Crippen molar-refractivity contribution in [3.63, 3.8) is 0 Å². The van der Waals surface area contributed by atoms with Crippen LogP contribution in [-0.4, -0.2) is 35.8 Å². The fourth-order valence-corrected chi connectivity index (χ4v) is 3.29. The SMILES string of the molecule is Cc1cccc(C)c1NC(=O)CN(CCC(=O)Nc1ccc(F)c(F)c1F)C1CC1. The minimum Gasteiger partial charge on any atom is -0.324 e. The summed E-state index contributed by atoms with van der Waals surface area (Å²) in [5.74, 6) is -5.10. The highest BCUT2D eigenvalue weighted by Gasteiger charge is 2.30. The molecule has 2 amide bonds. The maximum atomic E-state index is 13.7. The van der Waals surface area contributed by atoms with Gasteiger partial charge in [-0.25, -0.2) is 13.2 Å². The molecule has 8 heteroatoms. The van der Waals surface area contributed by atoms with Gasteiger partial charge in [-0.15, -0.1) is 0 Å². The van der Waals surface area contributed by atoms with Crippen molar-refractivity contribution in [2.75, 3.05) is 23.7 Å². The maximum Gasteiger partial charge on any atom is 0.238 e.